The fraction of sp³-hybridized carbons (Fsp3) is 0.333. The maximum atomic E-state index is 11.7. The Hall–Kier alpha value is -2.10. The van der Waals surface area contributed by atoms with Crippen LogP contribution in [0.15, 0.2) is 29.1 Å². The molecule has 0 aliphatic carbocycles. The summed E-state index contributed by atoms with van der Waals surface area (Å²) in [5, 5.41) is 3.80. The zero-order chi connectivity index (χ0) is 14.0. The second kappa shape index (κ2) is 5.26. The minimum Gasteiger partial charge on any atom is -0.326 e. The lowest BCUT2D eigenvalue weighted by Gasteiger charge is -2.08. The van der Waals surface area contributed by atoms with Gasteiger partial charge in [-0.2, -0.15) is 0 Å². The Kier molecular flexibility index (Phi) is 3.69. The number of aromatic amines is 1. The van der Waals surface area contributed by atoms with Crippen LogP contribution in [0.5, 0.6) is 0 Å². The standard InChI is InChI=1S/C15H18N2O2/c1-9(2)6-14(18)16-12-5-4-11-7-10(3)15(19)17-13(11)8-12/h4-5,7-9H,6H2,1-3H3,(H,16,18)(H,17,19). The van der Waals surface area contributed by atoms with Crippen molar-refractivity contribution in [2.24, 2.45) is 5.92 Å². The molecule has 0 saturated carbocycles. The van der Waals surface area contributed by atoms with E-state index in [2.05, 4.69) is 10.3 Å². The van der Waals surface area contributed by atoms with E-state index in [-0.39, 0.29) is 11.5 Å². The fourth-order valence-electron chi connectivity index (χ4n) is 1.97. The van der Waals surface area contributed by atoms with Gasteiger partial charge in [0.2, 0.25) is 5.91 Å². The van der Waals surface area contributed by atoms with Crippen molar-refractivity contribution < 1.29 is 4.79 Å². The molecule has 1 heterocycles. The van der Waals surface area contributed by atoms with Gasteiger partial charge >= 0.3 is 0 Å². The van der Waals surface area contributed by atoms with E-state index in [4.69, 9.17) is 0 Å². The van der Waals surface area contributed by atoms with Gasteiger partial charge in [-0.15, -0.1) is 0 Å². The molecule has 0 aliphatic rings. The number of aromatic nitrogens is 1. The number of aryl methyl sites for hydroxylation is 1. The molecule has 0 spiro atoms. The molecule has 0 fully saturated rings. The summed E-state index contributed by atoms with van der Waals surface area (Å²) in [6, 6.07) is 7.36. The summed E-state index contributed by atoms with van der Waals surface area (Å²) in [6.45, 7) is 5.77. The summed E-state index contributed by atoms with van der Waals surface area (Å²) in [7, 11) is 0. The van der Waals surface area contributed by atoms with Crippen LogP contribution >= 0.6 is 0 Å². The number of fused-ring (bicyclic) bond motifs is 1. The van der Waals surface area contributed by atoms with Crippen molar-refractivity contribution in [2.45, 2.75) is 27.2 Å². The first kappa shape index (κ1) is 13.3. The quantitative estimate of drug-likeness (QED) is 0.889. The molecule has 1 amide bonds. The Morgan fingerprint density at radius 3 is 2.74 bits per heavy atom. The number of H-pyrrole nitrogens is 1. The van der Waals surface area contributed by atoms with Crippen LogP contribution in [-0.4, -0.2) is 10.9 Å². The van der Waals surface area contributed by atoms with Crippen LogP contribution in [0.3, 0.4) is 0 Å². The molecule has 0 aliphatic heterocycles. The van der Waals surface area contributed by atoms with Crippen molar-refractivity contribution in [1.82, 2.24) is 4.98 Å². The number of hydrogen-bond acceptors (Lipinski definition) is 2. The van der Waals surface area contributed by atoms with Gasteiger partial charge in [0.1, 0.15) is 0 Å². The van der Waals surface area contributed by atoms with Crippen molar-refractivity contribution in [3.63, 3.8) is 0 Å². The first-order chi connectivity index (χ1) is 8.95. The molecular formula is C15H18N2O2. The van der Waals surface area contributed by atoms with Crippen molar-refractivity contribution in [1.29, 1.82) is 0 Å². The van der Waals surface area contributed by atoms with E-state index in [0.29, 0.717) is 23.6 Å². The summed E-state index contributed by atoms with van der Waals surface area (Å²) in [4.78, 5) is 26.1. The van der Waals surface area contributed by atoms with Crippen LogP contribution in [0, 0.1) is 12.8 Å². The smallest absolute Gasteiger partial charge is 0.251 e. The molecule has 0 radical (unpaired) electrons. The van der Waals surface area contributed by atoms with Crippen LogP contribution in [0.4, 0.5) is 5.69 Å². The highest BCUT2D eigenvalue weighted by molar-refractivity contribution is 5.93. The number of amides is 1. The van der Waals surface area contributed by atoms with Gasteiger partial charge in [0.15, 0.2) is 0 Å². The van der Waals surface area contributed by atoms with Gasteiger partial charge in [-0.1, -0.05) is 19.9 Å². The zero-order valence-corrected chi connectivity index (χ0v) is 11.4. The van der Waals surface area contributed by atoms with E-state index >= 15 is 0 Å². The van der Waals surface area contributed by atoms with Crippen LogP contribution in [-0.2, 0) is 4.79 Å². The molecule has 1 aromatic heterocycles. The minimum atomic E-state index is -0.0989. The van der Waals surface area contributed by atoms with Crippen LogP contribution < -0.4 is 10.9 Å². The first-order valence-corrected chi connectivity index (χ1v) is 6.39. The van der Waals surface area contributed by atoms with Gasteiger partial charge in [0.25, 0.3) is 5.56 Å². The molecule has 2 aromatic rings. The number of anilines is 1. The lowest BCUT2D eigenvalue weighted by atomic mass is 10.1. The van der Waals surface area contributed by atoms with Gasteiger partial charge in [0.05, 0.1) is 5.52 Å². The molecule has 2 N–H and O–H groups in total. The van der Waals surface area contributed by atoms with Crippen LogP contribution in [0.2, 0.25) is 0 Å². The molecule has 4 nitrogen and oxygen atoms in total. The van der Waals surface area contributed by atoms with E-state index in [1.807, 2.05) is 32.0 Å². The summed E-state index contributed by atoms with van der Waals surface area (Å²) in [5.41, 5.74) is 2.03. The molecule has 0 atom stereocenters. The monoisotopic (exact) mass is 258 g/mol. The largest absolute Gasteiger partial charge is 0.326 e. The minimum absolute atomic E-state index is 0.0104. The molecule has 2 rings (SSSR count). The molecule has 0 saturated heterocycles. The molecule has 0 unspecified atom stereocenters. The summed E-state index contributed by atoms with van der Waals surface area (Å²) >= 11 is 0. The third kappa shape index (κ3) is 3.22. The average molecular weight is 258 g/mol. The van der Waals surface area contributed by atoms with Crippen molar-refractivity contribution >= 4 is 22.5 Å². The Morgan fingerprint density at radius 2 is 2.05 bits per heavy atom. The lowest BCUT2D eigenvalue weighted by molar-refractivity contribution is -0.116. The van der Waals surface area contributed by atoms with E-state index < -0.39 is 0 Å². The summed E-state index contributed by atoms with van der Waals surface area (Å²) in [5.74, 6) is 0.312. The van der Waals surface area contributed by atoms with Gasteiger partial charge in [-0.05, 0) is 36.4 Å². The number of rotatable bonds is 3. The maximum Gasteiger partial charge on any atom is 0.251 e. The normalized spacial score (nSPS) is 10.9. The zero-order valence-electron chi connectivity index (χ0n) is 11.4. The van der Waals surface area contributed by atoms with Gasteiger partial charge in [-0.25, -0.2) is 0 Å². The number of pyridine rings is 1. The van der Waals surface area contributed by atoms with Gasteiger partial charge < -0.3 is 10.3 Å². The molecule has 100 valence electrons. The highest BCUT2D eigenvalue weighted by Gasteiger charge is 2.06. The Morgan fingerprint density at radius 1 is 1.32 bits per heavy atom. The third-order valence-electron chi connectivity index (χ3n) is 2.91. The first-order valence-electron chi connectivity index (χ1n) is 6.39. The second-order valence-corrected chi connectivity index (χ2v) is 5.23. The Balaban J connectivity index is 2.29. The predicted molar refractivity (Wildman–Crippen MR) is 77.4 cm³/mol. The molecule has 4 heteroatoms. The van der Waals surface area contributed by atoms with Crippen molar-refractivity contribution in [3.8, 4) is 0 Å². The molecular weight excluding hydrogens is 240 g/mol. The molecule has 0 bridgehead atoms. The fourth-order valence-corrected chi connectivity index (χ4v) is 1.97. The number of hydrogen-bond donors (Lipinski definition) is 2. The number of benzene rings is 1. The highest BCUT2D eigenvalue weighted by atomic mass is 16.1. The average Bonchev–Trinajstić information content (AvgIpc) is 2.30. The van der Waals surface area contributed by atoms with Crippen LogP contribution in [0.1, 0.15) is 25.8 Å². The number of nitrogens with one attached hydrogen (secondary N) is 2. The predicted octanol–water partition coefficient (Wildman–Crippen LogP) is 2.82. The van der Waals surface area contributed by atoms with Crippen molar-refractivity contribution in [3.05, 3.63) is 40.2 Å². The topological polar surface area (TPSA) is 62.0 Å². The molecule has 19 heavy (non-hydrogen) atoms. The number of carbonyl (C=O) groups is 1. The van der Waals surface area contributed by atoms with Gasteiger partial charge in [-0.3, -0.25) is 9.59 Å². The van der Waals surface area contributed by atoms with E-state index in [9.17, 15) is 9.59 Å². The highest BCUT2D eigenvalue weighted by Crippen LogP contribution is 2.17. The summed E-state index contributed by atoms with van der Waals surface area (Å²) < 4.78 is 0. The second-order valence-electron chi connectivity index (χ2n) is 5.23. The Bertz CT molecular complexity index is 671. The Labute approximate surface area is 111 Å². The van der Waals surface area contributed by atoms with Gasteiger partial charge in [0, 0.05) is 17.7 Å². The van der Waals surface area contributed by atoms with Crippen LogP contribution in [0.25, 0.3) is 10.9 Å². The third-order valence-corrected chi connectivity index (χ3v) is 2.91. The summed E-state index contributed by atoms with van der Waals surface area (Å²) in [6.07, 6.45) is 0.489. The lowest BCUT2D eigenvalue weighted by Crippen LogP contribution is -2.14. The van der Waals surface area contributed by atoms with Crippen molar-refractivity contribution in [2.75, 3.05) is 5.32 Å². The van der Waals surface area contributed by atoms with E-state index in [0.717, 1.165) is 10.9 Å². The SMILES string of the molecule is Cc1cc2ccc(NC(=O)CC(C)C)cc2[nH]c1=O. The van der Waals surface area contributed by atoms with E-state index in [1.54, 1.807) is 13.0 Å². The molecule has 1 aromatic carbocycles. The van der Waals surface area contributed by atoms with E-state index in [1.165, 1.54) is 0 Å². The number of carbonyl (C=O) groups excluding carboxylic acids is 1. The maximum absolute atomic E-state index is 11.7.